The van der Waals surface area contributed by atoms with Gasteiger partial charge >= 0.3 is 0 Å². The standard InChI is InChI=1S/C16H21N3O3/c20-14(10-13-6-2-1-3-7-13)17-11-15(21)18-12-16(22)19-8-4-5-9-19/h1-3,6-7H,4-5,8-12H2,(H,17,20)(H,18,21). The molecule has 0 bridgehead atoms. The zero-order valence-corrected chi connectivity index (χ0v) is 12.5. The summed E-state index contributed by atoms with van der Waals surface area (Å²) in [5.74, 6) is -0.636. The van der Waals surface area contributed by atoms with Crippen LogP contribution in [0.25, 0.3) is 0 Å². The molecule has 0 atom stereocenters. The molecule has 22 heavy (non-hydrogen) atoms. The minimum absolute atomic E-state index is 0.00656. The summed E-state index contributed by atoms with van der Waals surface area (Å²) in [6, 6.07) is 9.31. The van der Waals surface area contributed by atoms with Crippen LogP contribution in [0.15, 0.2) is 30.3 Å². The number of amides is 3. The average Bonchev–Trinajstić information content (AvgIpc) is 3.06. The monoisotopic (exact) mass is 303 g/mol. The van der Waals surface area contributed by atoms with E-state index < -0.39 is 0 Å². The van der Waals surface area contributed by atoms with Crippen molar-refractivity contribution in [3.63, 3.8) is 0 Å². The smallest absolute Gasteiger partial charge is 0.241 e. The summed E-state index contributed by atoms with van der Waals surface area (Å²) < 4.78 is 0. The molecule has 0 radical (unpaired) electrons. The van der Waals surface area contributed by atoms with Gasteiger partial charge in [0.05, 0.1) is 19.5 Å². The molecule has 0 saturated carbocycles. The summed E-state index contributed by atoms with van der Waals surface area (Å²) in [5.41, 5.74) is 0.893. The van der Waals surface area contributed by atoms with Crippen LogP contribution < -0.4 is 10.6 Å². The molecule has 0 aromatic heterocycles. The van der Waals surface area contributed by atoms with Gasteiger partial charge in [-0.15, -0.1) is 0 Å². The molecule has 1 aromatic rings. The molecule has 2 rings (SSSR count). The first-order chi connectivity index (χ1) is 10.6. The van der Waals surface area contributed by atoms with E-state index in [1.807, 2.05) is 30.3 Å². The van der Waals surface area contributed by atoms with Crippen molar-refractivity contribution in [1.82, 2.24) is 15.5 Å². The van der Waals surface area contributed by atoms with Crippen molar-refractivity contribution in [2.75, 3.05) is 26.2 Å². The predicted molar refractivity (Wildman–Crippen MR) is 82.0 cm³/mol. The highest BCUT2D eigenvalue weighted by atomic mass is 16.2. The Morgan fingerprint density at radius 2 is 1.55 bits per heavy atom. The van der Waals surface area contributed by atoms with Crippen molar-refractivity contribution in [2.45, 2.75) is 19.3 Å². The van der Waals surface area contributed by atoms with Crippen molar-refractivity contribution in [3.8, 4) is 0 Å². The molecule has 0 aliphatic carbocycles. The maximum atomic E-state index is 11.8. The van der Waals surface area contributed by atoms with Crippen LogP contribution in [0.2, 0.25) is 0 Å². The molecule has 1 heterocycles. The molecule has 6 heteroatoms. The first-order valence-corrected chi connectivity index (χ1v) is 7.50. The van der Waals surface area contributed by atoms with Crippen LogP contribution in [-0.2, 0) is 20.8 Å². The second kappa shape index (κ2) is 8.17. The zero-order valence-electron chi connectivity index (χ0n) is 12.5. The number of carbonyl (C=O) groups excluding carboxylic acids is 3. The lowest BCUT2D eigenvalue weighted by Gasteiger charge is -2.15. The van der Waals surface area contributed by atoms with Gasteiger partial charge in [-0.05, 0) is 18.4 Å². The molecule has 1 aromatic carbocycles. The van der Waals surface area contributed by atoms with Gasteiger partial charge in [-0.3, -0.25) is 14.4 Å². The maximum absolute atomic E-state index is 11.8. The fraction of sp³-hybridized carbons (Fsp3) is 0.438. The minimum atomic E-state index is -0.353. The highest BCUT2D eigenvalue weighted by Crippen LogP contribution is 2.06. The van der Waals surface area contributed by atoms with Gasteiger partial charge < -0.3 is 15.5 Å². The molecule has 0 spiro atoms. The average molecular weight is 303 g/mol. The van der Waals surface area contributed by atoms with Gasteiger partial charge in [0.2, 0.25) is 17.7 Å². The minimum Gasteiger partial charge on any atom is -0.347 e. The Labute approximate surface area is 129 Å². The quantitative estimate of drug-likeness (QED) is 0.781. The summed E-state index contributed by atoms with van der Waals surface area (Å²) in [6.45, 7) is 1.41. The first kappa shape index (κ1) is 16.0. The molecule has 3 amide bonds. The van der Waals surface area contributed by atoms with Crippen LogP contribution in [0.3, 0.4) is 0 Å². The highest BCUT2D eigenvalue weighted by molar-refractivity contribution is 5.88. The van der Waals surface area contributed by atoms with E-state index in [2.05, 4.69) is 10.6 Å². The lowest BCUT2D eigenvalue weighted by atomic mass is 10.1. The number of nitrogens with zero attached hydrogens (tertiary/aromatic N) is 1. The highest BCUT2D eigenvalue weighted by Gasteiger charge is 2.18. The van der Waals surface area contributed by atoms with E-state index >= 15 is 0 Å². The maximum Gasteiger partial charge on any atom is 0.241 e. The van der Waals surface area contributed by atoms with E-state index in [4.69, 9.17) is 0 Å². The molecule has 1 aliphatic rings. The normalized spacial score (nSPS) is 13.7. The Kier molecular flexibility index (Phi) is 5.94. The fourth-order valence-corrected chi connectivity index (χ4v) is 2.34. The van der Waals surface area contributed by atoms with E-state index in [1.54, 1.807) is 4.90 Å². The number of likely N-dealkylation sites (tertiary alicyclic amines) is 1. The largest absolute Gasteiger partial charge is 0.347 e. The Hall–Kier alpha value is -2.37. The molecule has 1 aliphatic heterocycles. The Bertz CT molecular complexity index is 525. The molecule has 2 N–H and O–H groups in total. The van der Waals surface area contributed by atoms with Gasteiger partial charge in [-0.2, -0.15) is 0 Å². The van der Waals surface area contributed by atoms with Crippen molar-refractivity contribution >= 4 is 17.7 Å². The van der Waals surface area contributed by atoms with Crippen molar-refractivity contribution in [3.05, 3.63) is 35.9 Å². The van der Waals surface area contributed by atoms with Gasteiger partial charge in [0.1, 0.15) is 0 Å². The van der Waals surface area contributed by atoms with Gasteiger partial charge in [-0.25, -0.2) is 0 Å². The summed E-state index contributed by atoms with van der Waals surface area (Å²) in [4.78, 5) is 36.8. The number of nitrogens with one attached hydrogen (secondary N) is 2. The summed E-state index contributed by atoms with van der Waals surface area (Å²) in [5, 5.41) is 5.08. The number of benzene rings is 1. The second-order valence-electron chi connectivity index (χ2n) is 5.30. The zero-order chi connectivity index (χ0) is 15.8. The van der Waals surface area contributed by atoms with Gasteiger partial charge in [-0.1, -0.05) is 30.3 Å². The van der Waals surface area contributed by atoms with Crippen LogP contribution in [0.5, 0.6) is 0 Å². The predicted octanol–water partition coefficient (Wildman–Crippen LogP) is 0.0839. The number of hydrogen-bond acceptors (Lipinski definition) is 3. The molecular weight excluding hydrogens is 282 g/mol. The van der Waals surface area contributed by atoms with Crippen LogP contribution in [-0.4, -0.2) is 48.8 Å². The molecule has 1 saturated heterocycles. The summed E-state index contributed by atoms with van der Waals surface area (Å²) in [6.07, 6.45) is 2.28. The molecule has 0 unspecified atom stereocenters. The molecule has 6 nitrogen and oxygen atoms in total. The van der Waals surface area contributed by atoms with Crippen LogP contribution in [0.1, 0.15) is 18.4 Å². The topological polar surface area (TPSA) is 78.5 Å². The van der Waals surface area contributed by atoms with E-state index in [0.717, 1.165) is 31.5 Å². The van der Waals surface area contributed by atoms with Crippen molar-refractivity contribution in [2.24, 2.45) is 0 Å². The third kappa shape index (κ3) is 5.20. The lowest BCUT2D eigenvalue weighted by molar-refractivity contribution is -0.132. The molecule has 1 fully saturated rings. The van der Waals surface area contributed by atoms with Crippen LogP contribution in [0.4, 0.5) is 0 Å². The van der Waals surface area contributed by atoms with E-state index in [1.165, 1.54) is 0 Å². The van der Waals surface area contributed by atoms with Crippen LogP contribution in [0, 0.1) is 0 Å². The van der Waals surface area contributed by atoms with Crippen molar-refractivity contribution in [1.29, 1.82) is 0 Å². The van der Waals surface area contributed by atoms with E-state index in [-0.39, 0.29) is 37.2 Å². The van der Waals surface area contributed by atoms with E-state index in [9.17, 15) is 14.4 Å². The SMILES string of the molecule is O=C(CNC(=O)Cc1ccccc1)NCC(=O)N1CCCC1. The van der Waals surface area contributed by atoms with Gasteiger partial charge in [0.15, 0.2) is 0 Å². The number of rotatable bonds is 6. The van der Waals surface area contributed by atoms with Gasteiger partial charge in [0, 0.05) is 13.1 Å². The Balaban J connectivity index is 1.62. The summed E-state index contributed by atoms with van der Waals surface area (Å²) in [7, 11) is 0. The molecule has 118 valence electrons. The van der Waals surface area contributed by atoms with Crippen LogP contribution >= 0.6 is 0 Å². The second-order valence-corrected chi connectivity index (χ2v) is 5.30. The van der Waals surface area contributed by atoms with Crippen molar-refractivity contribution < 1.29 is 14.4 Å². The Morgan fingerprint density at radius 3 is 2.23 bits per heavy atom. The number of carbonyl (C=O) groups is 3. The first-order valence-electron chi connectivity index (χ1n) is 7.50. The van der Waals surface area contributed by atoms with E-state index in [0.29, 0.717) is 0 Å². The fourth-order valence-electron chi connectivity index (χ4n) is 2.34. The van der Waals surface area contributed by atoms with Gasteiger partial charge in [0.25, 0.3) is 0 Å². The lowest BCUT2D eigenvalue weighted by Crippen LogP contribution is -2.43. The Morgan fingerprint density at radius 1 is 0.909 bits per heavy atom. The molecular formula is C16H21N3O3. The third-order valence-electron chi connectivity index (χ3n) is 3.55. The third-order valence-corrected chi connectivity index (χ3v) is 3.55. The number of hydrogen-bond donors (Lipinski definition) is 2. The summed E-state index contributed by atoms with van der Waals surface area (Å²) >= 11 is 0.